The van der Waals surface area contributed by atoms with Crippen molar-refractivity contribution in [2.45, 2.75) is 45.4 Å². The number of fused-ring (bicyclic) bond motifs is 2. The smallest absolute Gasteiger partial charge is 0.284 e. The number of carbonyl (C=O) groups is 1. The summed E-state index contributed by atoms with van der Waals surface area (Å²) < 4.78 is 17.0. The zero-order chi connectivity index (χ0) is 33.9. The molecule has 3 N–H and O–H groups in total. The van der Waals surface area contributed by atoms with Gasteiger partial charge in [-0.1, -0.05) is 30.3 Å². The Morgan fingerprint density at radius 3 is 2.47 bits per heavy atom. The summed E-state index contributed by atoms with van der Waals surface area (Å²) in [7, 11) is 1.63. The fourth-order valence-electron chi connectivity index (χ4n) is 6.15. The Bertz CT molecular complexity index is 2150. The number of hydrogen-bond donors (Lipinski definition) is 3. The van der Waals surface area contributed by atoms with Crippen LogP contribution in [-0.4, -0.2) is 54.9 Å². The Labute approximate surface area is 282 Å². The monoisotopic (exact) mass is 659 g/mol. The Kier molecular flexibility index (Phi) is 8.86. The second-order valence-electron chi connectivity index (χ2n) is 12.0. The summed E-state index contributed by atoms with van der Waals surface area (Å²) in [6.07, 6.45) is 3.60. The average molecular weight is 660 g/mol. The number of aliphatic hydroxyl groups excluding tert-OH is 1. The van der Waals surface area contributed by atoms with Crippen molar-refractivity contribution in [1.29, 1.82) is 0 Å². The van der Waals surface area contributed by atoms with E-state index in [0.29, 0.717) is 60.1 Å². The highest BCUT2D eigenvalue weighted by molar-refractivity contribution is 6.05. The Morgan fingerprint density at radius 2 is 1.73 bits per heavy atom. The lowest BCUT2D eigenvalue weighted by Gasteiger charge is -2.19. The van der Waals surface area contributed by atoms with E-state index in [0.717, 1.165) is 35.5 Å². The zero-order valence-corrected chi connectivity index (χ0v) is 27.3. The maximum atomic E-state index is 13.6. The van der Waals surface area contributed by atoms with Gasteiger partial charge in [-0.15, -0.1) is 0 Å². The zero-order valence-electron chi connectivity index (χ0n) is 27.3. The molecule has 3 aromatic carbocycles. The number of aliphatic hydroxyl groups is 1. The summed E-state index contributed by atoms with van der Waals surface area (Å²) in [5, 5.41) is 21.6. The van der Waals surface area contributed by atoms with Crippen LogP contribution >= 0.6 is 0 Å². The third-order valence-electron chi connectivity index (χ3n) is 8.50. The van der Waals surface area contributed by atoms with Crippen LogP contribution in [0.3, 0.4) is 0 Å². The molecule has 6 aromatic rings. The molecule has 0 bridgehead atoms. The summed E-state index contributed by atoms with van der Waals surface area (Å²) >= 11 is 0. The van der Waals surface area contributed by atoms with Gasteiger partial charge in [0.05, 0.1) is 31.1 Å². The van der Waals surface area contributed by atoms with E-state index in [2.05, 4.69) is 15.6 Å². The first kappa shape index (κ1) is 31.7. The van der Waals surface area contributed by atoms with Gasteiger partial charge < -0.3 is 25.2 Å². The lowest BCUT2D eigenvalue weighted by atomic mass is 10.1. The van der Waals surface area contributed by atoms with Crippen LogP contribution in [0.15, 0.2) is 95.9 Å². The van der Waals surface area contributed by atoms with E-state index in [1.54, 1.807) is 59.9 Å². The van der Waals surface area contributed by atoms with Gasteiger partial charge in [0.15, 0.2) is 11.5 Å². The first-order chi connectivity index (χ1) is 23.9. The molecule has 0 saturated heterocycles. The maximum absolute atomic E-state index is 13.6. The Hall–Kier alpha value is -5.88. The number of nitrogens with zero attached hydrogens (tertiary/aromatic N) is 5. The number of amides is 1. The minimum Gasteiger partial charge on any atom is -0.497 e. The quantitative estimate of drug-likeness (QED) is 0.163. The molecule has 1 aliphatic rings. The number of nitrogens with one attached hydrogen (secondary N) is 2. The number of anilines is 2. The molecule has 1 unspecified atom stereocenters. The molecule has 3 aromatic heterocycles. The number of aromatic nitrogens is 5. The molecular formula is C37H37N7O5. The highest BCUT2D eigenvalue weighted by Crippen LogP contribution is 2.35. The van der Waals surface area contributed by atoms with E-state index in [9.17, 15) is 14.7 Å². The molecule has 12 nitrogen and oxygen atoms in total. The molecule has 4 heterocycles. The predicted molar refractivity (Wildman–Crippen MR) is 187 cm³/mol. The lowest BCUT2D eigenvalue weighted by Crippen LogP contribution is -2.25. The van der Waals surface area contributed by atoms with Crippen molar-refractivity contribution in [3.05, 3.63) is 118 Å². The molecule has 1 atom stereocenters. The van der Waals surface area contributed by atoms with Crippen LogP contribution in [0.25, 0.3) is 16.7 Å². The summed E-state index contributed by atoms with van der Waals surface area (Å²) in [5.41, 5.74) is 3.50. The van der Waals surface area contributed by atoms with Crippen LogP contribution < -0.4 is 25.7 Å². The van der Waals surface area contributed by atoms with E-state index in [1.165, 1.54) is 0 Å². The minimum atomic E-state index is -0.593. The van der Waals surface area contributed by atoms with Crippen molar-refractivity contribution in [3.8, 4) is 22.9 Å². The third kappa shape index (κ3) is 6.50. The van der Waals surface area contributed by atoms with Gasteiger partial charge in [0.25, 0.3) is 11.5 Å². The fourth-order valence-corrected chi connectivity index (χ4v) is 6.15. The first-order valence-electron chi connectivity index (χ1n) is 16.3. The van der Waals surface area contributed by atoms with E-state index in [4.69, 9.17) is 14.6 Å². The first-order valence-corrected chi connectivity index (χ1v) is 16.3. The molecule has 12 heteroatoms. The second kappa shape index (κ2) is 13.7. The van der Waals surface area contributed by atoms with Crippen LogP contribution in [0.1, 0.15) is 41.4 Å². The largest absolute Gasteiger partial charge is 0.497 e. The number of hydrogen-bond acceptors (Lipinski definition) is 8. The van der Waals surface area contributed by atoms with E-state index < -0.39 is 12.0 Å². The van der Waals surface area contributed by atoms with Crippen LogP contribution in [0.5, 0.6) is 17.2 Å². The van der Waals surface area contributed by atoms with Crippen LogP contribution in [0.4, 0.5) is 11.5 Å². The molecule has 0 fully saturated rings. The molecular weight excluding hydrogens is 622 g/mol. The highest BCUT2D eigenvalue weighted by atomic mass is 16.5. The number of benzene rings is 3. The number of carbonyl (C=O) groups excluding carboxylic acids is 1. The van der Waals surface area contributed by atoms with Gasteiger partial charge in [-0.3, -0.25) is 14.3 Å². The van der Waals surface area contributed by atoms with Gasteiger partial charge in [-0.05, 0) is 80.3 Å². The molecule has 49 heavy (non-hydrogen) atoms. The molecule has 0 saturated carbocycles. The SMILES string of the molecule is COc1ccc(Cn2nc(NCC(C)O)c3c(Oc4ccc(NC(=O)c5c6n(n(-c7ccccc7)c5=O)CCCC6)cc4)ccnc32)cc1. The highest BCUT2D eigenvalue weighted by Gasteiger charge is 2.28. The molecule has 250 valence electrons. The fraction of sp³-hybridized carbons (Fsp3) is 0.243. The topological polar surface area (TPSA) is 137 Å². The van der Waals surface area contributed by atoms with Gasteiger partial charge in [0.2, 0.25) is 0 Å². The molecule has 0 radical (unpaired) electrons. The standard InChI is InChI=1S/C37H37N7O5/c1-24(45)22-39-34-33-31(19-20-38-35(33)42(41-34)23-25-11-15-28(48-2)16-12-25)49-29-17-13-26(14-18-29)40-36(46)32-30-10-6-7-21-43(30)44(37(32)47)27-8-4-3-5-9-27/h3-5,8-9,11-20,24,45H,6-7,10,21-23H2,1-2H3,(H,39,41)(H,40,46). The average Bonchev–Trinajstić information content (AvgIpc) is 3.63. The molecule has 0 spiro atoms. The van der Waals surface area contributed by atoms with Crippen molar-refractivity contribution in [2.75, 3.05) is 24.3 Å². The molecule has 7 rings (SSSR count). The summed E-state index contributed by atoms with van der Waals surface area (Å²) in [4.78, 5) is 31.8. The number of ether oxygens (including phenoxy) is 2. The van der Waals surface area contributed by atoms with Crippen molar-refractivity contribution >= 4 is 28.4 Å². The van der Waals surface area contributed by atoms with Crippen molar-refractivity contribution in [3.63, 3.8) is 0 Å². The van der Waals surface area contributed by atoms with Crippen molar-refractivity contribution in [2.24, 2.45) is 0 Å². The molecule has 1 amide bonds. The van der Waals surface area contributed by atoms with Crippen molar-refractivity contribution in [1.82, 2.24) is 24.1 Å². The van der Waals surface area contributed by atoms with Gasteiger partial charge in [0, 0.05) is 31.0 Å². The predicted octanol–water partition coefficient (Wildman–Crippen LogP) is 5.61. The minimum absolute atomic E-state index is 0.173. The lowest BCUT2D eigenvalue weighted by molar-refractivity contribution is 0.102. The van der Waals surface area contributed by atoms with Crippen LogP contribution in [-0.2, 0) is 19.5 Å². The van der Waals surface area contributed by atoms with Gasteiger partial charge in [0.1, 0.15) is 28.2 Å². The number of para-hydroxylation sites is 1. The van der Waals surface area contributed by atoms with Crippen LogP contribution in [0.2, 0.25) is 0 Å². The van der Waals surface area contributed by atoms with Gasteiger partial charge in [-0.2, -0.15) is 5.10 Å². The summed E-state index contributed by atoms with van der Waals surface area (Å²) in [6.45, 7) is 3.13. The summed E-state index contributed by atoms with van der Waals surface area (Å²) in [5.74, 6) is 1.92. The summed E-state index contributed by atoms with van der Waals surface area (Å²) in [6, 6.07) is 25.9. The van der Waals surface area contributed by atoms with Crippen LogP contribution in [0, 0.1) is 0 Å². The Balaban J connectivity index is 1.13. The molecule has 0 aliphatic carbocycles. The van der Waals surface area contributed by atoms with E-state index >= 15 is 0 Å². The molecule has 1 aliphatic heterocycles. The number of pyridine rings is 1. The van der Waals surface area contributed by atoms with E-state index in [1.807, 2.05) is 59.3 Å². The van der Waals surface area contributed by atoms with Gasteiger partial charge in [-0.25, -0.2) is 14.3 Å². The van der Waals surface area contributed by atoms with Gasteiger partial charge >= 0.3 is 0 Å². The number of rotatable bonds is 11. The normalized spacial score (nSPS) is 13.1. The van der Waals surface area contributed by atoms with Crippen molar-refractivity contribution < 1.29 is 19.4 Å². The second-order valence-corrected chi connectivity index (χ2v) is 12.0. The third-order valence-corrected chi connectivity index (χ3v) is 8.50. The maximum Gasteiger partial charge on any atom is 0.284 e. The van der Waals surface area contributed by atoms with E-state index in [-0.39, 0.29) is 11.1 Å². The number of methoxy groups -OCH3 is 1. The Morgan fingerprint density at radius 1 is 0.980 bits per heavy atom.